The van der Waals surface area contributed by atoms with E-state index in [0.29, 0.717) is 11.5 Å². The number of nitrogens with one attached hydrogen (secondary N) is 1. The van der Waals surface area contributed by atoms with Crippen LogP contribution in [0, 0.1) is 0 Å². The molecule has 0 aliphatic carbocycles. The van der Waals surface area contributed by atoms with E-state index in [1.807, 2.05) is 18.2 Å². The van der Waals surface area contributed by atoms with Gasteiger partial charge >= 0.3 is 0 Å². The van der Waals surface area contributed by atoms with Gasteiger partial charge in [-0.1, -0.05) is 13.0 Å². The van der Waals surface area contributed by atoms with Crippen LogP contribution in [0.3, 0.4) is 0 Å². The molecule has 5 heteroatoms. The summed E-state index contributed by atoms with van der Waals surface area (Å²) in [5, 5.41) is 2.10. The molecule has 3 N–H and O–H groups in total. The second kappa shape index (κ2) is 6.74. The summed E-state index contributed by atoms with van der Waals surface area (Å²) in [6.45, 7) is 2.15. The molecule has 1 unspecified atom stereocenters. The molecule has 0 saturated heterocycles. The van der Waals surface area contributed by atoms with Gasteiger partial charge in [0.05, 0.1) is 20.3 Å². The van der Waals surface area contributed by atoms with Crippen molar-refractivity contribution in [1.82, 2.24) is 5.43 Å². The minimum absolute atomic E-state index is 0.0373. The number of ether oxygens (including phenoxy) is 2. The average Bonchev–Trinajstić information content (AvgIpc) is 2.96. The molecular weight excluding hydrogens is 272 g/mol. The Hall–Kier alpha value is -1.56. The van der Waals surface area contributed by atoms with Gasteiger partial charge in [0, 0.05) is 4.88 Å². The lowest BCUT2D eigenvalue weighted by Gasteiger charge is -2.18. The third kappa shape index (κ3) is 2.80. The number of nitrogens with two attached hydrogens (primary N) is 1. The summed E-state index contributed by atoms with van der Waals surface area (Å²) in [5.74, 6) is 7.19. The highest BCUT2D eigenvalue weighted by atomic mass is 32.1. The van der Waals surface area contributed by atoms with Gasteiger partial charge in [-0.3, -0.25) is 5.84 Å². The molecule has 0 bridgehead atoms. The summed E-state index contributed by atoms with van der Waals surface area (Å²) in [6.07, 6.45) is 0.990. The molecule has 20 heavy (non-hydrogen) atoms. The molecule has 1 atom stereocenters. The second-order valence-corrected chi connectivity index (χ2v) is 5.33. The van der Waals surface area contributed by atoms with Crippen LogP contribution in [0.25, 0.3) is 0 Å². The van der Waals surface area contributed by atoms with Crippen LogP contribution >= 0.6 is 11.3 Å². The fraction of sp³-hybridized carbons (Fsp3) is 0.333. The first kappa shape index (κ1) is 14.8. The van der Waals surface area contributed by atoms with Gasteiger partial charge in [-0.2, -0.15) is 0 Å². The summed E-state index contributed by atoms with van der Waals surface area (Å²) >= 11 is 1.71. The van der Waals surface area contributed by atoms with E-state index < -0.39 is 0 Å². The van der Waals surface area contributed by atoms with Gasteiger partial charge in [0.2, 0.25) is 0 Å². The number of benzene rings is 1. The van der Waals surface area contributed by atoms with E-state index in [-0.39, 0.29) is 6.04 Å². The molecule has 0 amide bonds. The lowest BCUT2D eigenvalue weighted by molar-refractivity contribution is 0.354. The molecule has 2 rings (SSSR count). The van der Waals surface area contributed by atoms with Crippen molar-refractivity contribution in [2.24, 2.45) is 5.84 Å². The zero-order valence-corrected chi connectivity index (χ0v) is 12.8. The lowest BCUT2D eigenvalue weighted by atomic mass is 10.0. The van der Waals surface area contributed by atoms with E-state index >= 15 is 0 Å². The Kier molecular flexibility index (Phi) is 5.00. The fourth-order valence-electron chi connectivity index (χ4n) is 2.25. The van der Waals surface area contributed by atoms with Crippen molar-refractivity contribution in [2.45, 2.75) is 19.4 Å². The van der Waals surface area contributed by atoms with E-state index in [9.17, 15) is 0 Å². The Labute approximate surface area is 123 Å². The van der Waals surface area contributed by atoms with Crippen molar-refractivity contribution in [3.05, 3.63) is 45.6 Å². The molecule has 0 fully saturated rings. The Morgan fingerprint density at radius 3 is 2.55 bits per heavy atom. The molecule has 4 nitrogen and oxygen atoms in total. The summed E-state index contributed by atoms with van der Waals surface area (Å²) in [6, 6.07) is 7.97. The van der Waals surface area contributed by atoms with E-state index in [0.717, 1.165) is 12.0 Å². The predicted octanol–water partition coefficient (Wildman–Crippen LogP) is 2.88. The van der Waals surface area contributed by atoms with Crippen LogP contribution in [0.15, 0.2) is 29.6 Å². The smallest absolute Gasteiger partial charge is 0.161 e. The van der Waals surface area contributed by atoms with Crippen molar-refractivity contribution >= 4 is 11.3 Å². The normalized spacial score (nSPS) is 12.2. The third-order valence-electron chi connectivity index (χ3n) is 3.33. The van der Waals surface area contributed by atoms with E-state index in [1.54, 1.807) is 25.6 Å². The van der Waals surface area contributed by atoms with Gasteiger partial charge in [0.15, 0.2) is 11.5 Å². The second-order valence-electron chi connectivity index (χ2n) is 4.38. The molecule has 1 aromatic heterocycles. The highest BCUT2D eigenvalue weighted by Gasteiger charge is 2.18. The van der Waals surface area contributed by atoms with Crippen molar-refractivity contribution < 1.29 is 9.47 Å². The van der Waals surface area contributed by atoms with Crippen LogP contribution in [0.1, 0.15) is 29.0 Å². The van der Waals surface area contributed by atoms with Crippen LogP contribution in [-0.2, 0) is 6.42 Å². The van der Waals surface area contributed by atoms with Crippen LogP contribution in [0.2, 0.25) is 0 Å². The van der Waals surface area contributed by atoms with E-state index in [2.05, 4.69) is 23.8 Å². The van der Waals surface area contributed by atoms with E-state index in [1.165, 1.54) is 10.4 Å². The number of thiophene rings is 1. The standard InChI is InChI=1S/C15H20N2O2S/c1-4-10-7-8-20-15(10)14(17-16)11-5-6-12(18-2)13(9-11)19-3/h5-9,14,17H,4,16H2,1-3H3. The molecule has 0 aliphatic heterocycles. The Morgan fingerprint density at radius 1 is 1.20 bits per heavy atom. The fourth-order valence-corrected chi connectivity index (χ4v) is 3.33. The van der Waals surface area contributed by atoms with Gasteiger partial charge < -0.3 is 9.47 Å². The Balaban J connectivity index is 2.42. The first-order valence-electron chi connectivity index (χ1n) is 6.49. The quantitative estimate of drug-likeness (QED) is 0.635. The largest absolute Gasteiger partial charge is 0.493 e. The maximum absolute atomic E-state index is 5.77. The zero-order chi connectivity index (χ0) is 14.5. The topological polar surface area (TPSA) is 56.5 Å². The minimum atomic E-state index is -0.0373. The summed E-state index contributed by atoms with van der Waals surface area (Å²) in [5.41, 5.74) is 5.27. The Bertz CT molecular complexity index is 569. The summed E-state index contributed by atoms with van der Waals surface area (Å²) in [7, 11) is 3.26. The summed E-state index contributed by atoms with van der Waals surface area (Å²) < 4.78 is 10.6. The van der Waals surface area contributed by atoms with Crippen molar-refractivity contribution in [3.63, 3.8) is 0 Å². The first-order chi connectivity index (χ1) is 9.74. The molecule has 0 spiro atoms. The van der Waals surface area contributed by atoms with Crippen molar-refractivity contribution in [3.8, 4) is 11.5 Å². The number of rotatable bonds is 6. The number of hydrogen-bond acceptors (Lipinski definition) is 5. The zero-order valence-electron chi connectivity index (χ0n) is 12.0. The van der Waals surface area contributed by atoms with Crippen molar-refractivity contribution in [1.29, 1.82) is 0 Å². The molecular formula is C15H20N2O2S. The van der Waals surface area contributed by atoms with Crippen LogP contribution in [-0.4, -0.2) is 14.2 Å². The highest BCUT2D eigenvalue weighted by molar-refractivity contribution is 7.10. The average molecular weight is 292 g/mol. The maximum atomic E-state index is 5.77. The molecule has 2 aromatic rings. The monoisotopic (exact) mass is 292 g/mol. The number of hydrazine groups is 1. The first-order valence-corrected chi connectivity index (χ1v) is 7.37. The van der Waals surface area contributed by atoms with Crippen LogP contribution < -0.4 is 20.7 Å². The highest BCUT2D eigenvalue weighted by Crippen LogP contribution is 2.34. The van der Waals surface area contributed by atoms with Crippen molar-refractivity contribution in [2.75, 3.05) is 14.2 Å². The number of methoxy groups -OCH3 is 2. The maximum Gasteiger partial charge on any atom is 0.161 e. The SMILES string of the molecule is CCc1ccsc1C(NN)c1ccc(OC)c(OC)c1. The van der Waals surface area contributed by atoms with E-state index in [4.69, 9.17) is 15.3 Å². The van der Waals surface area contributed by atoms with Crippen LogP contribution in [0.5, 0.6) is 11.5 Å². The Morgan fingerprint density at radius 2 is 1.95 bits per heavy atom. The number of aryl methyl sites for hydroxylation is 1. The molecule has 1 heterocycles. The molecule has 0 saturated carbocycles. The van der Waals surface area contributed by atoms with Gasteiger partial charge in [0.25, 0.3) is 0 Å². The van der Waals surface area contributed by atoms with Gasteiger partial charge in [-0.25, -0.2) is 5.43 Å². The van der Waals surface area contributed by atoms with Crippen LogP contribution in [0.4, 0.5) is 0 Å². The molecule has 0 radical (unpaired) electrons. The molecule has 0 aliphatic rings. The lowest BCUT2D eigenvalue weighted by Crippen LogP contribution is -2.28. The minimum Gasteiger partial charge on any atom is -0.493 e. The van der Waals surface area contributed by atoms with Gasteiger partial charge in [-0.05, 0) is 41.1 Å². The third-order valence-corrected chi connectivity index (χ3v) is 4.36. The van der Waals surface area contributed by atoms with Gasteiger partial charge in [-0.15, -0.1) is 11.3 Å². The molecule has 108 valence electrons. The number of hydrogen-bond donors (Lipinski definition) is 2. The summed E-state index contributed by atoms with van der Waals surface area (Å²) in [4.78, 5) is 1.24. The predicted molar refractivity (Wildman–Crippen MR) is 82.4 cm³/mol. The molecule has 1 aromatic carbocycles. The van der Waals surface area contributed by atoms with Gasteiger partial charge in [0.1, 0.15) is 0 Å².